The molecule has 0 unspecified atom stereocenters. The van der Waals surface area contributed by atoms with Crippen molar-refractivity contribution in [1.82, 2.24) is 10.2 Å². The first-order chi connectivity index (χ1) is 12.7. The van der Waals surface area contributed by atoms with Crippen molar-refractivity contribution in [2.24, 2.45) is 5.92 Å². The number of hydrogen-bond donors (Lipinski definition) is 1. The fourth-order valence-electron chi connectivity index (χ4n) is 4.18. The Bertz CT molecular complexity index is 723. The lowest BCUT2D eigenvalue weighted by Gasteiger charge is -2.33. The maximum atomic E-state index is 11.5. The van der Waals surface area contributed by atoms with E-state index in [9.17, 15) is 4.79 Å². The predicted octanol–water partition coefficient (Wildman–Crippen LogP) is 2.90. The van der Waals surface area contributed by atoms with Crippen LogP contribution in [-0.2, 0) is 17.8 Å². The molecule has 3 rings (SSSR count). The second-order valence-corrected chi connectivity index (χ2v) is 7.53. The topological polar surface area (TPSA) is 79.9 Å². The largest absolute Gasteiger partial charge is 0.352 e. The van der Waals surface area contributed by atoms with Gasteiger partial charge in [0, 0.05) is 19.1 Å². The average Bonchev–Trinajstić information content (AvgIpc) is 2.67. The van der Waals surface area contributed by atoms with Gasteiger partial charge < -0.3 is 5.32 Å². The molecule has 1 aromatic carbocycles. The number of nitriles is 2. The van der Waals surface area contributed by atoms with Crippen LogP contribution in [0.3, 0.4) is 0 Å². The first-order valence-corrected chi connectivity index (χ1v) is 9.58. The van der Waals surface area contributed by atoms with Crippen LogP contribution in [0.15, 0.2) is 18.2 Å². The van der Waals surface area contributed by atoms with Crippen LogP contribution >= 0.6 is 0 Å². The minimum absolute atomic E-state index is 0.0355. The van der Waals surface area contributed by atoms with Crippen LogP contribution in [0.5, 0.6) is 0 Å². The number of fused-ring (bicyclic) bond motifs is 1. The van der Waals surface area contributed by atoms with Gasteiger partial charge in [-0.3, -0.25) is 9.69 Å². The number of nitrogens with one attached hydrogen (secondary N) is 1. The number of hydrogen-bond acceptors (Lipinski definition) is 4. The Hall–Kier alpha value is -2.37. The van der Waals surface area contributed by atoms with Gasteiger partial charge in [-0.1, -0.05) is 6.07 Å². The Morgan fingerprint density at radius 3 is 2.73 bits per heavy atom. The van der Waals surface area contributed by atoms with E-state index in [2.05, 4.69) is 22.4 Å². The van der Waals surface area contributed by atoms with E-state index in [-0.39, 0.29) is 18.4 Å². The maximum absolute atomic E-state index is 11.5. The van der Waals surface area contributed by atoms with Crippen LogP contribution in [-0.4, -0.2) is 29.9 Å². The van der Waals surface area contributed by atoms with Crippen molar-refractivity contribution >= 4 is 5.91 Å². The quantitative estimate of drug-likeness (QED) is 0.885. The molecule has 1 aliphatic carbocycles. The molecule has 1 saturated carbocycles. The second kappa shape index (κ2) is 8.83. The monoisotopic (exact) mass is 350 g/mol. The molecule has 2 aliphatic rings. The summed E-state index contributed by atoms with van der Waals surface area (Å²) < 4.78 is 0. The molecule has 0 spiro atoms. The third kappa shape index (κ3) is 4.84. The van der Waals surface area contributed by atoms with Gasteiger partial charge in [0.15, 0.2) is 0 Å². The summed E-state index contributed by atoms with van der Waals surface area (Å²) in [6.45, 7) is 3.18. The van der Waals surface area contributed by atoms with E-state index in [1.807, 2.05) is 18.2 Å². The Balaban J connectivity index is 1.40. The van der Waals surface area contributed by atoms with Crippen LogP contribution < -0.4 is 5.32 Å². The summed E-state index contributed by atoms with van der Waals surface area (Å²) in [5, 5.41) is 20.5. The molecule has 0 aromatic heterocycles. The lowest BCUT2D eigenvalue weighted by molar-refractivity contribution is -0.121. The molecule has 0 saturated heterocycles. The smallest absolute Gasteiger partial charge is 0.234 e. The van der Waals surface area contributed by atoms with Crippen LogP contribution in [0.1, 0.15) is 55.2 Å². The predicted molar refractivity (Wildman–Crippen MR) is 98.9 cm³/mol. The number of carbonyl (C=O) groups excluding carboxylic acids is 1. The Morgan fingerprint density at radius 2 is 2.00 bits per heavy atom. The molecule has 0 atom stereocenters. The summed E-state index contributed by atoms with van der Waals surface area (Å²) in [5.74, 6) is 0.601. The fourth-order valence-corrected chi connectivity index (χ4v) is 4.18. The van der Waals surface area contributed by atoms with Gasteiger partial charge in [-0.05, 0) is 74.2 Å². The lowest BCUT2D eigenvalue weighted by Crippen LogP contribution is -2.38. The SMILES string of the molecule is N#CCC(=O)N[C@H]1CC[C@H](CCN2CCc3cc(C#N)ccc3C2)CC1. The summed E-state index contributed by atoms with van der Waals surface area (Å²) in [5.41, 5.74) is 3.45. The van der Waals surface area contributed by atoms with E-state index >= 15 is 0 Å². The third-order valence-corrected chi connectivity index (χ3v) is 5.73. The van der Waals surface area contributed by atoms with Gasteiger partial charge in [-0.15, -0.1) is 0 Å². The van der Waals surface area contributed by atoms with Crippen LogP contribution in [0, 0.1) is 28.6 Å². The summed E-state index contributed by atoms with van der Waals surface area (Å²) in [4.78, 5) is 14.0. The first kappa shape index (κ1) is 18.4. The molecule has 5 nitrogen and oxygen atoms in total. The summed E-state index contributed by atoms with van der Waals surface area (Å²) >= 11 is 0. The zero-order valence-corrected chi connectivity index (χ0v) is 15.2. The van der Waals surface area contributed by atoms with E-state index in [1.54, 1.807) is 0 Å². The lowest BCUT2D eigenvalue weighted by atomic mass is 9.84. The van der Waals surface area contributed by atoms with Gasteiger partial charge in [0.25, 0.3) is 0 Å². The zero-order chi connectivity index (χ0) is 18.4. The van der Waals surface area contributed by atoms with Gasteiger partial charge in [0.1, 0.15) is 6.42 Å². The summed E-state index contributed by atoms with van der Waals surface area (Å²) in [6, 6.07) is 10.4. The highest BCUT2D eigenvalue weighted by Gasteiger charge is 2.23. The highest BCUT2D eigenvalue weighted by atomic mass is 16.1. The molecule has 1 N–H and O–H groups in total. The number of rotatable bonds is 5. The van der Waals surface area contributed by atoms with Crippen LogP contribution in [0.4, 0.5) is 0 Å². The molecular formula is C21H26N4O. The van der Waals surface area contributed by atoms with E-state index in [0.717, 1.165) is 63.2 Å². The molecular weight excluding hydrogens is 324 g/mol. The Morgan fingerprint density at radius 1 is 1.19 bits per heavy atom. The minimum Gasteiger partial charge on any atom is -0.352 e. The number of amides is 1. The second-order valence-electron chi connectivity index (χ2n) is 7.53. The maximum Gasteiger partial charge on any atom is 0.234 e. The normalized spacial score (nSPS) is 22.7. The van der Waals surface area contributed by atoms with E-state index < -0.39 is 0 Å². The van der Waals surface area contributed by atoms with Crippen molar-refractivity contribution in [3.8, 4) is 12.1 Å². The highest BCUT2D eigenvalue weighted by Crippen LogP contribution is 2.28. The molecule has 1 amide bonds. The van der Waals surface area contributed by atoms with Crippen molar-refractivity contribution in [3.05, 3.63) is 34.9 Å². The fraction of sp³-hybridized carbons (Fsp3) is 0.571. The van der Waals surface area contributed by atoms with E-state index in [0.29, 0.717) is 0 Å². The minimum atomic E-state index is -0.137. The zero-order valence-electron chi connectivity index (χ0n) is 15.2. The van der Waals surface area contributed by atoms with E-state index in [4.69, 9.17) is 10.5 Å². The molecule has 1 aromatic rings. The number of carbonyl (C=O) groups is 1. The van der Waals surface area contributed by atoms with Gasteiger partial charge >= 0.3 is 0 Å². The molecule has 1 aliphatic heterocycles. The molecule has 0 radical (unpaired) electrons. The first-order valence-electron chi connectivity index (χ1n) is 9.58. The molecule has 1 heterocycles. The standard InChI is InChI=1S/C21H26N4O/c22-10-7-21(26)24-20-5-2-16(3-6-20)8-11-25-12-9-18-13-17(14-23)1-4-19(18)15-25/h1,4,13,16,20H,2-3,5-9,11-12,15H2,(H,24,26)/t16-,20-. The van der Waals surface area contributed by atoms with Gasteiger partial charge in [0.2, 0.25) is 5.91 Å². The van der Waals surface area contributed by atoms with Gasteiger partial charge in [-0.2, -0.15) is 10.5 Å². The third-order valence-electron chi connectivity index (χ3n) is 5.73. The molecule has 5 heteroatoms. The Kier molecular flexibility index (Phi) is 6.26. The van der Waals surface area contributed by atoms with Crippen LogP contribution in [0.25, 0.3) is 0 Å². The summed E-state index contributed by atoms with van der Waals surface area (Å²) in [7, 11) is 0. The van der Waals surface area contributed by atoms with Gasteiger partial charge in [-0.25, -0.2) is 0 Å². The van der Waals surface area contributed by atoms with Crippen molar-refractivity contribution in [2.75, 3.05) is 13.1 Å². The van der Waals surface area contributed by atoms with E-state index in [1.165, 1.54) is 17.5 Å². The average molecular weight is 350 g/mol. The molecule has 26 heavy (non-hydrogen) atoms. The number of benzene rings is 1. The summed E-state index contributed by atoms with van der Waals surface area (Å²) in [6.07, 6.45) is 6.59. The Labute approximate surface area is 155 Å². The van der Waals surface area contributed by atoms with Crippen LogP contribution in [0.2, 0.25) is 0 Å². The molecule has 0 bridgehead atoms. The number of nitrogens with zero attached hydrogens (tertiary/aromatic N) is 3. The van der Waals surface area contributed by atoms with Crippen molar-refractivity contribution in [3.63, 3.8) is 0 Å². The van der Waals surface area contributed by atoms with Gasteiger partial charge in [0.05, 0.1) is 17.7 Å². The highest BCUT2D eigenvalue weighted by molar-refractivity contribution is 5.78. The van der Waals surface area contributed by atoms with Crippen molar-refractivity contribution < 1.29 is 4.79 Å². The molecule has 1 fully saturated rings. The molecule has 136 valence electrons. The van der Waals surface area contributed by atoms with Crippen molar-refractivity contribution in [2.45, 2.75) is 57.5 Å². The van der Waals surface area contributed by atoms with Crippen molar-refractivity contribution in [1.29, 1.82) is 10.5 Å².